The fraction of sp³-hybridized carbons (Fsp3) is 0.395. The van der Waals surface area contributed by atoms with Crippen LogP contribution in [0, 0.1) is 5.41 Å². The van der Waals surface area contributed by atoms with E-state index in [-0.39, 0.29) is 36.7 Å². The van der Waals surface area contributed by atoms with Crippen LogP contribution in [-0.2, 0) is 38.7 Å². The Hall–Kier alpha value is -4.70. The van der Waals surface area contributed by atoms with Gasteiger partial charge in [0, 0.05) is 36.3 Å². The molecule has 49 heavy (non-hydrogen) atoms. The summed E-state index contributed by atoms with van der Waals surface area (Å²) in [6.45, 7) is 6.36. The number of likely N-dealkylation sites (tertiary alicyclic amines) is 1. The first-order valence-electron chi connectivity index (χ1n) is 16.7. The van der Waals surface area contributed by atoms with Gasteiger partial charge in [-0.05, 0) is 71.6 Å². The summed E-state index contributed by atoms with van der Waals surface area (Å²) < 4.78 is 0. The smallest absolute Gasteiger partial charge is 0.251 e. The Morgan fingerprint density at radius 2 is 1.67 bits per heavy atom. The lowest BCUT2D eigenvalue weighted by atomic mass is 9.85. The number of benzene rings is 3. The van der Waals surface area contributed by atoms with Crippen molar-refractivity contribution in [3.05, 3.63) is 106 Å². The molecule has 2 aliphatic rings. The third-order valence-corrected chi connectivity index (χ3v) is 9.71. The number of fused-ring (bicyclic) bond motifs is 1. The number of nitrogens with zero attached hydrogens (tertiary/aromatic N) is 2. The highest BCUT2D eigenvalue weighted by atomic mass is 35.5. The fourth-order valence-corrected chi connectivity index (χ4v) is 6.97. The lowest BCUT2D eigenvalue weighted by Crippen LogP contribution is -2.56. The number of nitrogens with one attached hydrogen (secondary N) is 3. The van der Waals surface area contributed by atoms with Crippen molar-refractivity contribution in [3.8, 4) is 0 Å². The van der Waals surface area contributed by atoms with Crippen LogP contribution < -0.4 is 16.0 Å². The van der Waals surface area contributed by atoms with Crippen LogP contribution in [0.15, 0.2) is 72.8 Å². The van der Waals surface area contributed by atoms with Crippen LogP contribution in [-0.4, -0.2) is 65.0 Å². The number of aryl methyl sites for hydroxylation is 1. The van der Waals surface area contributed by atoms with Crippen molar-refractivity contribution in [2.75, 3.05) is 6.54 Å². The van der Waals surface area contributed by atoms with Crippen LogP contribution in [0.3, 0.4) is 0 Å². The van der Waals surface area contributed by atoms with Gasteiger partial charge in [0.05, 0.1) is 6.04 Å². The predicted molar refractivity (Wildman–Crippen MR) is 187 cm³/mol. The van der Waals surface area contributed by atoms with E-state index in [2.05, 4.69) is 22.0 Å². The highest BCUT2D eigenvalue weighted by molar-refractivity contribution is 6.31. The molecule has 5 amide bonds. The van der Waals surface area contributed by atoms with Gasteiger partial charge in [-0.25, -0.2) is 0 Å². The van der Waals surface area contributed by atoms with Crippen LogP contribution in [0.4, 0.5) is 0 Å². The second-order valence-electron chi connectivity index (χ2n) is 13.9. The standard InChI is InChI=1S/C38H44ClN5O5/c1-38(2,3)34(40-23-45)37(49)44-22-29(19-33(44)36(48)42-32-14-8-11-26-9-4-6-12-30(26)32)41-35(47)27-17-15-25(16-18-27)20-43(24-46)21-28-10-5-7-13-31(28)39/h4-7,9-10,12-13,15-18,23-24,29,32-34H,8,11,14,19-22H2,1-3H3,(H,40,45)(H,41,47)(H,42,48). The minimum absolute atomic E-state index is 0.117. The molecule has 5 rings (SSSR count). The molecule has 11 heteroatoms. The number of amides is 5. The van der Waals surface area contributed by atoms with Gasteiger partial charge in [0.2, 0.25) is 24.6 Å². The van der Waals surface area contributed by atoms with Crippen molar-refractivity contribution in [1.82, 2.24) is 25.8 Å². The number of carbonyl (C=O) groups is 5. The maximum Gasteiger partial charge on any atom is 0.251 e. The largest absolute Gasteiger partial charge is 0.347 e. The van der Waals surface area contributed by atoms with Crippen molar-refractivity contribution < 1.29 is 24.0 Å². The summed E-state index contributed by atoms with van der Waals surface area (Å²) in [4.78, 5) is 67.7. The zero-order valence-electron chi connectivity index (χ0n) is 28.2. The molecule has 1 fully saturated rings. The van der Waals surface area contributed by atoms with Crippen molar-refractivity contribution in [2.24, 2.45) is 5.41 Å². The maximum absolute atomic E-state index is 13.9. The van der Waals surface area contributed by atoms with Gasteiger partial charge in [-0.1, -0.05) is 87.0 Å². The van der Waals surface area contributed by atoms with E-state index in [1.165, 1.54) is 10.5 Å². The van der Waals surface area contributed by atoms with E-state index in [0.717, 1.165) is 42.4 Å². The molecule has 0 bridgehead atoms. The summed E-state index contributed by atoms with van der Waals surface area (Å²) in [5.74, 6) is -0.999. The van der Waals surface area contributed by atoms with E-state index in [1.807, 2.05) is 57.2 Å². The highest BCUT2D eigenvalue weighted by Crippen LogP contribution is 2.31. The first kappa shape index (κ1) is 35.6. The van der Waals surface area contributed by atoms with Gasteiger partial charge in [0.1, 0.15) is 12.1 Å². The Morgan fingerprint density at radius 1 is 0.959 bits per heavy atom. The van der Waals surface area contributed by atoms with Crippen LogP contribution in [0.25, 0.3) is 0 Å². The van der Waals surface area contributed by atoms with Crippen LogP contribution in [0.2, 0.25) is 5.02 Å². The summed E-state index contributed by atoms with van der Waals surface area (Å²) in [6.07, 6.45) is 4.19. The molecule has 3 aromatic carbocycles. The van der Waals surface area contributed by atoms with E-state index in [4.69, 9.17) is 11.6 Å². The number of carbonyl (C=O) groups excluding carboxylic acids is 5. The normalized spacial score (nSPS) is 19.3. The monoisotopic (exact) mass is 685 g/mol. The van der Waals surface area contributed by atoms with E-state index >= 15 is 0 Å². The summed E-state index contributed by atoms with van der Waals surface area (Å²) in [5, 5.41) is 9.45. The summed E-state index contributed by atoms with van der Waals surface area (Å²) >= 11 is 6.27. The van der Waals surface area contributed by atoms with Gasteiger partial charge in [-0.2, -0.15) is 0 Å². The van der Waals surface area contributed by atoms with E-state index in [1.54, 1.807) is 35.2 Å². The van der Waals surface area contributed by atoms with Gasteiger partial charge in [0.15, 0.2) is 0 Å². The highest BCUT2D eigenvalue weighted by Gasteiger charge is 2.45. The van der Waals surface area contributed by atoms with E-state index < -0.39 is 23.5 Å². The Morgan fingerprint density at radius 3 is 2.37 bits per heavy atom. The van der Waals surface area contributed by atoms with Crippen molar-refractivity contribution in [2.45, 2.75) is 83.7 Å². The quantitative estimate of drug-likeness (QED) is 0.241. The molecule has 0 saturated carbocycles. The first-order valence-corrected chi connectivity index (χ1v) is 17.1. The predicted octanol–water partition coefficient (Wildman–Crippen LogP) is 4.55. The molecular formula is C38H44ClN5O5. The molecule has 1 saturated heterocycles. The number of hydrogen-bond donors (Lipinski definition) is 3. The zero-order valence-corrected chi connectivity index (χ0v) is 28.9. The second-order valence-corrected chi connectivity index (χ2v) is 14.4. The molecule has 258 valence electrons. The second kappa shape index (κ2) is 15.7. The van der Waals surface area contributed by atoms with Crippen molar-refractivity contribution in [3.63, 3.8) is 0 Å². The summed E-state index contributed by atoms with van der Waals surface area (Å²) in [6, 6.07) is 20.0. The Kier molecular flexibility index (Phi) is 11.4. The lowest BCUT2D eigenvalue weighted by Gasteiger charge is -2.35. The first-order chi connectivity index (χ1) is 23.5. The molecule has 3 aromatic rings. The lowest BCUT2D eigenvalue weighted by molar-refractivity contribution is -0.143. The number of hydrogen-bond acceptors (Lipinski definition) is 5. The van der Waals surface area contributed by atoms with Gasteiger partial charge in [-0.15, -0.1) is 0 Å². The Labute approximate surface area is 292 Å². The number of rotatable bonds is 12. The van der Waals surface area contributed by atoms with Gasteiger partial charge >= 0.3 is 0 Å². The molecule has 1 aliphatic carbocycles. The molecule has 3 N–H and O–H groups in total. The molecule has 0 spiro atoms. The zero-order chi connectivity index (χ0) is 35.1. The molecule has 0 aromatic heterocycles. The van der Waals surface area contributed by atoms with E-state index in [9.17, 15) is 24.0 Å². The molecule has 1 aliphatic heterocycles. The van der Waals surface area contributed by atoms with Gasteiger partial charge < -0.3 is 25.8 Å². The maximum atomic E-state index is 13.9. The Balaban J connectivity index is 1.28. The van der Waals surface area contributed by atoms with Crippen molar-refractivity contribution >= 4 is 42.1 Å². The molecule has 1 heterocycles. The average Bonchev–Trinajstić information content (AvgIpc) is 3.51. The third-order valence-electron chi connectivity index (χ3n) is 9.34. The molecule has 0 radical (unpaired) electrons. The van der Waals surface area contributed by atoms with Gasteiger partial charge in [-0.3, -0.25) is 24.0 Å². The van der Waals surface area contributed by atoms with Crippen molar-refractivity contribution in [1.29, 1.82) is 0 Å². The van der Waals surface area contributed by atoms with Gasteiger partial charge in [0.25, 0.3) is 5.91 Å². The number of halogens is 1. The van der Waals surface area contributed by atoms with Crippen LogP contribution in [0.1, 0.15) is 78.7 Å². The Bertz CT molecular complexity index is 1670. The van der Waals surface area contributed by atoms with Crippen LogP contribution >= 0.6 is 11.6 Å². The minimum Gasteiger partial charge on any atom is -0.347 e. The molecular weight excluding hydrogens is 642 g/mol. The van der Waals surface area contributed by atoms with E-state index in [0.29, 0.717) is 30.1 Å². The summed E-state index contributed by atoms with van der Waals surface area (Å²) in [7, 11) is 0. The third kappa shape index (κ3) is 8.67. The minimum atomic E-state index is -0.860. The molecule has 4 atom stereocenters. The average molecular weight is 686 g/mol. The fourth-order valence-electron chi connectivity index (χ4n) is 6.77. The SMILES string of the molecule is CC(C)(C)C(NC=O)C(=O)N1CC(NC(=O)c2ccc(CN(C=O)Cc3ccccc3Cl)cc2)CC1C(=O)NC1CCCc2ccccc21. The topological polar surface area (TPSA) is 128 Å². The molecule has 10 nitrogen and oxygen atoms in total. The molecule has 4 unspecified atom stereocenters. The summed E-state index contributed by atoms with van der Waals surface area (Å²) in [5.41, 5.74) is 3.76. The van der Waals surface area contributed by atoms with Crippen LogP contribution in [0.5, 0.6) is 0 Å².